The molecule has 1 aliphatic heterocycles. The Morgan fingerprint density at radius 1 is 1.41 bits per heavy atom. The van der Waals surface area contributed by atoms with Crippen molar-refractivity contribution in [1.29, 1.82) is 0 Å². The van der Waals surface area contributed by atoms with Crippen LogP contribution < -0.4 is 10.6 Å². The average Bonchev–Trinajstić information content (AvgIpc) is 2.79. The minimum absolute atomic E-state index is 0.619. The average molecular weight is 255 g/mol. The molecule has 2 heterocycles. The van der Waals surface area contributed by atoms with Gasteiger partial charge in [0.1, 0.15) is 0 Å². The van der Waals surface area contributed by atoms with E-state index in [4.69, 9.17) is 17.3 Å². The number of aromatic nitrogens is 1. The SMILES string of the molecule is CN(CCN1CCCC1)c1c(N)cncc1Cl. The van der Waals surface area contributed by atoms with Gasteiger partial charge in [0.15, 0.2) is 0 Å². The predicted molar refractivity (Wildman–Crippen MR) is 72.6 cm³/mol. The summed E-state index contributed by atoms with van der Waals surface area (Å²) in [6.07, 6.45) is 5.93. The molecule has 0 radical (unpaired) electrons. The Bertz CT molecular complexity index is 357. The first-order valence-electron chi connectivity index (χ1n) is 6.01. The number of hydrogen-bond acceptors (Lipinski definition) is 4. The summed E-state index contributed by atoms with van der Waals surface area (Å²) in [6.45, 7) is 4.43. The van der Waals surface area contributed by atoms with Crippen LogP contribution in [0.3, 0.4) is 0 Å². The summed E-state index contributed by atoms with van der Waals surface area (Å²) in [6, 6.07) is 0. The molecule has 0 unspecified atom stereocenters. The molecule has 2 rings (SSSR count). The van der Waals surface area contributed by atoms with Crippen molar-refractivity contribution in [3.63, 3.8) is 0 Å². The first kappa shape index (κ1) is 12.5. The topological polar surface area (TPSA) is 45.4 Å². The Hall–Kier alpha value is -1.00. The summed E-state index contributed by atoms with van der Waals surface area (Å²) in [5.41, 5.74) is 7.43. The van der Waals surface area contributed by atoms with Crippen molar-refractivity contribution < 1.29 is 0 Å². The lowest BCUT2D eigenvalue weighted by atomic mass is 10.3. The van der Waals surface area contributed by atoms with Gasteiger partial charge < -0.3 is 15.5 Å². The second-order valence-corrected chi connectivity index (χ2v) is 4.94. The van der Waals surface area contributed by atoms with Crippen molar-refractivity contribution in [3.05, 3.63) is 17.4 Å². The monoisotopic (exact) mass is 254 g/mol. The van der Waals surface area contributed by atoms with Crippen LogP contribution in [-0.2, 0) is 0 Å². The zero-order valence-electron chi connectivity index (χ0n) is 10.2. The van der Waals surface area contributed by atoms with Crippen molar-refractivity contribution >= 4 is 23.0 Å². The molecule has 0 aromatic carbocycles. The van der Waals surface area contributed by atoms with Gasteiger partial charge in [-0.1, -0.05) is 11.6 Å². The normalized spacial score (nSPS) is 16.4. The van der Waals surface area contributed by atoms with Crippen LogP contribution in [0.15, 0.2) is 12.4 Å². The third-order valence-corrected chi connectivity index (χ3v) is 3.51. The summed E-state index contributed by atoms with van der Waals surface area (Å²) in [7, 11) is 2.02. The molecule has 1 aromatic rings. The van der Waals surface area contributed by atoms with Crippen LogP contribution in [0, 0.1) is 0 Å². The molecule has 0 saturated carbocycles. The van der Waals surface area contributed by atoms with Gasteiger partial charge in [-0.05, 0) is 25.9 Å². The molecule has 0 amide bonds. The van der Waals surface area contributed by atoms with Crippen LogP contribution in [0.4, 0.5) is 11.4 Å². The number of nitrogens with zero attached hydrogens (tertiary/aromatic N) is 3. The lowest BCUT2D eigenvalue weighted by Gasteiger charge is -2.24. The maximum absolute atomic E-state index is 6.12. The van der Waals surface area contributed by atoms with Crippen LogP contribution in [-0.4, -0.2) is 43.1 Å². The van der Waals surface area contributed by atoms with E-state index in [-0.39, 0.29) is 0 Å². The van der Waals surface area contributed by atoms with Gasteiger partial charge in [0.25, 0.3) is 0 Å². The fourth-order valence-electron chi connectivity index (χ4n) is 2.26. The summed E-state index contributed by atoms with van der Waals surface area (Å²) in [5, 5.41) is 0.619. The molecule has 4 nitrogen and oxygen atoms in total. The number of pyridine rings is 1. The summed E-state index contributed by atoms with van der Waals surface area (Å²) >= 11 is 6.12. The van der Waals surface area contributed by atoms with E-state index in [1.54, 1.807) is 12.4 Å². The summed E-state index contributed by atoms with van der Waals surface area (Å²) < 4.78 is 0. The summed E-state index contributed by atoms with van der Waals surface area (Å²) in [5.74, 6) is 0. The first-order chi connectivity index (χ1) is 8.18. The highest BCUT2D eigenvalue weighted by atomic mass is 35.5. The Morgan fingerprint density at radius 3 is 2.76 bits per heavy atom. The van der Waals surface area contributed by atoms with Gasteiger partial charge >= 0.3 is 0 Å². The highest BCUT2D eigenvalue weighted by Crippen LogP contribution is 2.29. The van der Waals surface area contributed by atoms with E-state index in [9.17, 15) is 0 Å². The molecular formula is C12H19ClN4. The highest BCUT2D eigenvalue weighted by molar-refractivity contribution is 6.33. The van der Waals surface area contributed by atoms with Gasteiger partial charge in [0.05, 0.1) is 22.6 Å². The fraction of sp³-hybridized carbons (Fsp3) is 0.583. The fourth-order valence-corrected chi connectivity index (χ4v) is 2.57. The minimum Gasteiger partial charge on any atom is -0.396 e. The largest absolute Gasteiger partial charge is 0.396 e. The van der Waals surface area contributed by atoms with E-state index in [0.29, 0.717) is 10.7 Å². The molecule has 1 aliphatic rings. The molecule has 1 aromatic heterocycles. The number of anilines is 2. The molecular weight excluding hydrogens is 236 g/mol. The van der Waals surface area contributed by atoms with E-state index in [2.05, 4.69) is 14.8 Å². The zero-order valence-corrected chi connectivity index (χ0v) is 11.0. The van der Waals surface area contributed by atoms with Crippen molar-refractivity contribution in [2.75, 3.05) is 43.9 Å². The standard InChI is InChI=1S/C12H19ClN4/c1-16(6-7-17-4-2-3-5-17)12-10(13)8-15-9-11(12)14/h8-9H,2-7,14H2,1H3. The molecule has 1 fully saturated rings. The van der Waals surface area contributed by atoms with Crippen LogP contribution >= 0.6 is 11.6 Å². The number of hydrogen-bond donors (Lipinski definition) is 1. The van der Waals surface area contributed by atoms with Crippen molar-refractivity contribution in [2.24, 2.45) is 0 Å². The molecule has 2 N–H and O–H groups in total. The van der Waals surface area contributed by atoms with E-state index in [1.165, 1.54) is 25.9 Å². The third kappa shape index (κ3) is 3.01. The molecule has 0 aliphatic carbocycles. The van der Waals surface area contributed by atoms with Gasteiger partial charge in [-0.2, -0.15) is 0 Å². The maximum atomic E-state index is 6.12. The predicted octanol–water partition coefficient (Wildman–Crippen LogP) is 1.85. The van der Waals surface area contributed by atoms with Gasteiger partial charge in [-0.15, -0.1) is 0 Å². The number of nitrogens with two attached hydrogens (primary N) is 1. The van der Waals surface area contributed by atoms with E-state index in [0.717, 1.165) is 18.8 Å². The quantitative estimate of drug-likeness (QED) is 0.891. The molecule has 0 atom stereocenters. The Labute approximate surface area is 107 Å². The van der Waals surface area contributed by atoms with Crippen molar-refractivity contribution in [3.8, 4) is 0 Å². The van der Waals surface area contributed by atoms with Gasteiger partial charge in [-0.25, -0.2) is 0 Å². The second kappa shape index (κ2) is 5.56. The molecule has 0 bridgehead atoms. The smallest absolute Gasteiger partial charge is 0.0843 e. The number of likely N-dealkylation sites (N-methyl/N-ethyl adjacent to an activating group) is 1. The highest BCUT2D eigenvalue weighted by Gasteiger charge is 2.14. The molecule has 1 saturated heterocycles. The van der Waals surface area contributed by atoms with Crippen molar-refractivity contribution in [1.82, 2.24) is 9.88 Å². The lowest BCUT2D eigenvalue weighted by Crippen LogP contribution is -2.31. The van der Waals surface area contributed by atoms with Crippen LogP contribution in [0.1, 0.15) is 12.8 Å². The Kier molecular flexibility index (Phi) is 4.07. The number of rotatable bonds is 4. The van der Waals surface area contributed by atoms with E-state index in [1.807, 2.05) is 7.05 Å². The van der Waals surface area contributed by atoms with Gasteiger partial charge in [0.2, 0.25) is 0 Å². The van der Waals surface area contributed by atoms with Gasteiger partial charge in [-0.3, -0.25) is 4.98 Å². The molecule has 5 heteroatoms. The van der Waals surface area contributed by atoms with Gasteiger partial charge in [0, 0.05) is 26.3 Å². The number of nitrogen functional groups attached to an aromatic ring is 1. The van der Waals surface area contributed by atoms with Crippen LogP contribution in [0.25, 0.3) is 0 Å². The number of likely N-dealkylation sites (tertiary alicyclic amines) is 1. The second-order valence-electron chi connectivity index (χ2n) is 4.53. The minimum atomic E-state index is 0.619. The third-order valence-electron chi connectivity index (χ3n) is 3.23. The number of halogens is 1. The summed E-state index contributed by atoms with van der Waals surface area (Å²) in [4.78, 5) is 8.55. The Balaban J connectivity index is 1.96. The first-order valence-corrected chi connectivity index (χ1v) is 6.39. The molecule has 94 valence electrons. The molecule has 0 spiro atoms. The maximum Gasteiger partial charge on any atom is 0.0843 e. The zero-order chi connectivity index (χ0) is 12.3. The van der Waals surface area contributed by atoms with E-state index < -0.39 is 0 Å². The lowest BCUT2D eigenvalue weighted by molar-refractivity contribution is 0.347. The van der Waals surface area contributed by atoms with E-state index >= 15 is 0 Å². The Morgan fingerprint density at radius 2 is 2.12 bits per heavy atom. The van der Waals surface area contributed by atoms with Crippen LogP contribution in [0.2, 0.25) is 5.02 Å². The molecule has 17 heavy (non-hydrogen) atoms. The van der Waals surface area contributed by atoms with Crippen LogP contribution in [0.5, 0.6) is 0 Å². The van der Waals surface area contributed by atoms with Crippen molar-refractivity contribution in [2.45, 2.75) is 12.8 Å².